The van der Waals surface area contributed by atoms with E-state index in [-0.39, 0.29) is 142 Å². The number of phenols is 1. The van der Waals surface area contributed by atoms with Gasteiger partial charge in [0.2, 0.25) is 0 Å². The molecule has 16 nitrogen and oxygen atoms in total. The van der Waals surface area contributed by atoms with E-state index >= 15 is 0 Å². The number of hydrogen-bond donors (Lipinski definition) is 1. The molecule has 1 unspecified atom stereocenters. The Kier molecular flexibility index (Phi) is 26.9. The Balaban J connectivity index is 0.000000238. The van der Waals surface area contributed by atoms with Gasteiger partial charge in [-0.2, -0.15) is 18.2 Å². The van der Waals surface area contributed by atoms with E-state index in [1.807, 2.05) is 42.5 Å². The fourth-order valence-electron chi connectivity index (χ4n) is 10.2. The number of ether oxygens (including phenoxy) is 5. The number of carboxylic acids is 1. The molecule has 0 saturated carbocycles. The molecule has 0 radical (unpaired) electrons. The summed E-state index contributed by atoms with van der Waals surface area (Å²) in [5.41, 5.74) is 6.41. The first-order valence-electron chi connectivity index (χ1n) is 26.3. The third-order valence-electron chi connectivity index (χ3n) is 13.7. The maximum atomic E-state index is 12.7. The first-order chi connectivity index (χ1) is 42.3. The molecular formula is C72H45BrNa3O16-. The monoisotopic (exact) mass is 1310 g/mol. The molecule has 6 aliphatic rings. The maximum absolute atomic E-state index is 12.7. The average molecular weight is 1320 g/mol. The summed E-state index contributed by atoms with van der Waals surface area (Å²) < 4.78 is 40.0. The van der Waals surface area contributed by atoms with E-state index in [0.29, 0.717) is 101 Å². The Morgan fingerprint density at radius 2 is 1.07 bits per heavy atom. The number of carbonyl (C=O) groups is 3. The standard InChI is InChI=1S/C26H16O5.C23H14O5.C20H11O4.C3H3Br.3Na.2H2O/c1-3-13-29-18-10-12-22-24(16-18)31-23-15-17(27)9-11-21(23)25(22)19-7-5-6-8-20(19)26(28)30-14-4-2;1-2-11-26-15-8-10-19-21(13-15)27-20-12-14(24)7-9-18(20)23(19)17-6-4-3-5-16(17)22(25)28-23;21-12-9-10-16-18(11-12)24-17-8-4-3-7-15(17)19(16)13-5-1-2-6-14(13)20(22)23;1-2-3-4;;;;;/h1-2,5-12,15-16H,13-14H2;1,3-10,12-13,24H,11H2;1-3,5-11H,(H,22,23);1H,3H2;;;;2*1H2/q;;-1;;3*+1;;/p-3. The molecule has 92 heavy (non-hydrogen) atoms. The minimum atomic E-state index is -1.25. The van der Waals surface area contributed by atoms with Crippen LogP contribution >= 0.6 is 15.9 Å². The van der Waals surface area contributed by atoms with E-state index in [1.54, 1.807) is 103 Å². The van der Waals surface area contributed by atoms with Gasteiger partial charge >= 0.3 is 101 Å². The summed E-state index contributed by atoms with van der Waals surface area (Å²) in [5, 5.41) is 23.6. The summed E-state index contributed by atoms with van der Waals surface area (Å²) in [6.07, 6.45) is 20.5. The second-order valence-electron chi connectivity index (χ2n) is 18.9. The fraction of sp³-hybridized carbons (Fsp3) is 0.0694. The molecule has 1 atom stereocenters. The number of terminal acetylenes is 4. The number of esters is 2. The zero-order valence-electron chi connectivity index (χ0n) is 49.5. The topological polar surface area (TPSA) is 261 Å². The van der Waals surface area contributed by atoms with Crippen molar-refractivity contribution in [3.63, 3.8) is 0 Å². The van der Waals surface area contributed by atoms with Crippen LogP contribution in [0.1, 0.15) is 47.8 Å². The number of hydrogen-bond acceptors (Lipinski definition) is 16. The fourth-order valence-corrected chi connectivity index (χ4v) is 10.2. The number of aromatic carboxylic acids is 1. The minimum absolute atomic E-state index is 0. The van der Waals surface area contributed by atoms with Gasteiger partial charge in [-0.3, -0.25) is 9.59 Å². The molecule has 0 saturated heterocycles. The van der Waals surface area contributed by atoms with E-state index in [9.17, 15) is 34.2 Å². The van der Waals surface area contributed by atoms with Gasteiger partial charge < -0.3 is 58.5 Å². The number of benzene rings is 9. The third kappa shape index (κ3) is 15.4. The smallest absolute Gasteiger partial charge is 0.870 e. The van der Waals surface area contributed by atoms with Crippen molar-refractivity contribution in [1.29, 1.82) is 0 Å². The zero-order valence-corrected chi connectivity index (χ0v) is 57.1. The predicted octanol–water partition coefficient (Wildman–Crippen LogP) is 2.74. The molecule has 440 valence electrons. The Morgan fingerprint density at radius 1 is 0.554 bits per heavy atom. The van der Waals surface area contributed by atoms with Gasteiger partial charge in [0.25, 0.3) is 0 Å². The zero-order chi connectivity index (χ0) is 61.2. The van der Waals surface area contributed by atoms with Crippen molar-refractivity contribution in [1.82, 2.24) is 0 Å². The molecule has 13 rings (SSSR count). The first-order valence-corrected chi connectivity index (χ1v) is 27.4. The van der Waals surface area contributed by atoms with Gasteiger partial charge in [0, 0.05) is 80.2 Å². The number of fused-ring (bicyclic) bond motifs is 10. The number of alkyl halides is 1. The van der Waals surface area contributed by atoms with Crippen LogP contribution in [0.25, 0.3) is 66.8 Å². The molecule has 1 spiro atoms. The molecule has 0 fully saturated rings. The number of aromatic hydroxyl groups is 1. The van der Waals surface area contributed by atoms with Crippen LogP contribution in [-0.2, 0) is 15.1 Å². The van der Waals surface area contributed by atoms with Crippen LogP contribution in [0.5, 0.6) is 28.7 Å². The molecule has 3 N–H and O–H groups in total. The molecule has 7 aromatic rings. The van der Waals surface area contributed by atoms with Gasteiger partial charge in [-0.25, -0.2) is 9.59 Å². The van der Waals surface area contributed by atoms with Crippen LogP contribution in [0.2, 0.25) is 0 Å². The van der Waals surface area contributed by atoms with Crippen molar-refractivity contribution in [2.75, 3.05) is 25.2 Å². The van der Waals surface area contributed by atoms with Crippen LogP contribution in [0, 0.1) is 55.4 Å². The van der Waals surface area contributed by atoms with E-state index in [2.05, 4.69) is 45.7 Å². The van der Waals surface area contributed by atoms with Crippen LogP contribution in [0.4, 0.5) is 0 Å². The minimum Gasteiger partial charge on any atom is -0.870 e. The molecule has 7 aromatic carbocycles. The van der Waals surface area contributed by atoms with E-state index in [4.69, 9.17) is 58.2 Å². The number of rotatable bonds is 9. The summed E-state index contributed by atoms with van der Waals surface area (Å²) in [7, 11) is 0. The van der Waals surface area contributed by atoms with Gasteiger partial charge in [-0.15, -0.1) is 31.8 Å². The van der Waals surface area contributed by atoms with Gasteiger partial charge in [-0.05, 0) is 89.5 Å². The molecule has 4 aliphatic heterocycles. The Labute approximate surface area is 602 Å². The van der Waals surface area contributed by atoms with Crippen LogP contribution in [-0.4, -0.2) is 59.1 Å². The summed E-state index contributed by atoms with van der Waals surface area (Å²) in [6, 6.07) is 53.5. The van der Waals surface area contributed by atoms with E-state index < -0.39 is 23.5 Å². The van der Waals surface area contributed by atoms with Gasteiger partial charge in [-0.1, -0.05) is 106 Å². The van der Waals surface area contributed by atoms with Crippen molar-refractivity contribution in [3.05, 3.63) is 242 Å². The summed E-state index contributed by atoms with van der Waals surface area (Å²) in [4.78, 5) is 60.5. The summed E-state index contributed by atoms with van der Waals surface area (Å²) in [6.45, 7) is 0.105. The van der Waals surface area contributed by atoms with Gasteiger partial charge in [0.1, 0.15) is 59.1 Å². The molecule has 0 amide bonds. The van der Waals surface area contributed by atoms with Crippen LogP contribution in [0.15, 0.2) is 200 Å². The second-order valence-corrected chi connectivity index (χ2v) is 19.5. The summed E-state index contributed by atoms with van der Waals surface area (Å²) in [5.74, 6) is 10.1. The van der Waals surface area contributed by atoms with Gasteiger partial charge in [0.15, 0.2) is 23.1 Å². The first kappa shape index (κ1) is 73.9. The quantitative estimate of drug-likeness (QED) is 0.0544. The average Bonchev–Trinajstić information content (AvgIpc) is 1.45. The van der Waals surface area contributed by atoms with E-state index in [0.717, 1.165) is 21.9 Å². The molecule has 0 bridgehead atoms. The normalized spacial score (nSPS) is 12.2. The number of halogens is 1. The number of carboxylic acid groups (broad SMARTS) is 1. The van der Waals surface area contributed by atoms with Crippen molar-refractivity contribution in [2.24, 2.45) is 0 Å². The van der Waals surface area contributed by atoms with Crippen molar-refractivity contribution >= 4 is 55.8 Å². The summed E-state index contributed by atoms with van der Waals surface area (Å²) >= 11 is 3.01. The van der Waals surface area contributed by atoms with E-state index in [1.165, 1.54) is 36.4 Å². The Morgan fingerprint density at radius 3 is 1.66 bits per heavy atom. The largest absolute Gasteiger partial charge is 1.00 e. The number of carbonyl (C=O) groups excluding carboxylic acids is 3. The van der Waals surface area contributed by atoms with Crippen molar-refractivity contribution in [2.45, 2.75) is 5.60 Å². The SMILES string of the molecule is C#CCBr.C#CCOC(=O)c1ccccc1-c1c2ccc(=O)cc-2oc2cc(OCC#C)ccc12.C#CCOc1ccc2c(c1)Oc1cc(O)ccc1C21OC(=O)c2ccccc21.O=C([O-])c1ccccc1-c1c2ccc(=O)cc-2oc2c[c-]ccc12.[Na+].[Na+].[Na+].[OH-].[OH-]. The van der Waals surface area contributed by atoms with Gasteiger partial charge in [0.05, 0.1) is 22.4 Å². The second kappa shape index (κ2) is 33.5. The van der Waals surface area contributed by atoms with Crippen LogP contribution < -0.4 is 119 Å². The van der Waals surface area contributed by atoms with Crippen molar-refractivity contribution < 1.29 is 157 Å². The Bertz CT molecular complexity index is 4760. The molecule has 20 heteroatoms. The third-order valence-corrected chi connectivity index (χ3v) is 14.0. The molecule has 0 aromatic heterocycles. The maximum Gasteiger partial charge on any atom is 1.00 e. The molecule has 2 aliphatic carbocycles. The molecule has 4 heterocycles. The molecular weight excluding hydrogens is 1270 g/mol. The number of phenolic OH excluding ortho intramolecular Hbond substituents is 1. The van der Waals surface area contributed by atoms with Crippen molar-refractivity contribution in [3.8, 4) is 123 Å². The predicted molar refractivity (Wildman–Crippen MR) is 333 cm³/mol. The van der Waals surface area contributed by atoms with Crippen LogP contribution in [0.3, 0.4) is 0 Å². The Hall–Kier alpha value is -8.83.